The average Bonchev–Trinajstić information content (AvgIpc) is 2.89. The maximum Gasteiger partial charge on any atom is 0.136 e. The van der Waals surface area contributed by atoms with Gasteiger partial charge in [-0.1, -0.05) is 26.2 Å². The summed E-state index contributed by atoms with van der Waals surface area (Å²) >= 11 is 0. The molecule has 1 N–H and O–H groups in total. The van der Waals surface area contributed by atoms with E-state index in [-0.39, 0.29) is 0 Å². The maximum absolute atomic E-state index is 4.40. The van der Waals surface area contributed by atoms with Crippen LogP contribution < -0.4 is 0 Å². The first-order valence-corrected chi connectivity index (χ1v) is 8.08. The van der Waals surface area contributed by atoms with Gasteiger partial charge in [-0.05, 0) is 57.3 Å². The number of aromatic nitrogens is 3. The van der Waals surface area contributed by atoms with Crippen LogP contribution in [0.2, 0.25) is 0 Å². The average molecular weight is 261 g/mol. The molecule has 3 saturated carbocycles. The molecule has 3 aliphatic carbocycles. The van der Waals surface area contributed by atoms with Crippen LogP contribution in [0.3, 0.4) is 0 Å². The number of unbranched alkanes of at least 4 members (excludes halogenated alkanes) is 2. The zero-order chi connectivity index (χ0) is 13.3. The topological polar surface area (TPSA) is 41.6 Å². The van der Waals surface area contributed by atoms with E-state index in [1.54, 1.807) is 0 Å². The van der Waals surface area contributed by atoms with Crippen molar-refractivity contribution in [1.82, 2.24) is 15.2 Å². The lowest BCUT2D eigenvalue weighted by molar-refractivity contribution is 0.0265. The van der Waals surface area contributed by atoms with Gasteiger partial charge in [0.2, 0.25) is 0 Å². The summed E-state index contributed by atoms with van der Waals surface area (Å²) in [6.07, 6.45) is 13.9. The van der Waals surface area contributed by atoms with E-state index < -0.39 is 0 Å². The van der Waals surface area contributed by atoms with Gasteiger partial charge >= 0.3 is 0 Å². The number of rotatable bonds is 5. The molecular formula is C16H27N3. The summed E-state index contributed by atoms with van der Waals surface area (Å²) in [4.78, 5) is 3.40. The van der Waals surface area contributed by atoms with Crippen LogP contribution in [0.1, 0.15) is 82.8 Å². The summed E-state index contributed by atoms with van der Waals surface area (Å²) in [6.45, 7) is 4.31. The van der Waals surface area contributed by atoms with Gasteiger partial charge in [-0.15, -0.1) is 10.2 Å². The Bertz CT molecular complexity index is 410. The zero-order valence-electron chi connectivity index (χ0n) is 12.5. The number of H-pyrrole nitrogens is 1. The van der Waals surface area contributed by atoms with Crippen LogP contribution in [0, 0.1) is 12.3 Å². The minimum absolute atomic E-state index is 0.341. The summed E-state index contributed by atoms with van der Waals surface area (Å²) in [7, 11) is 0. The van der Waals surface area contributed by atoms with Gasteiger partial charge in [0.25, 0.3) is 0 Å². The highest BCUT2D eigenvalue weighted by molar-refractivity contribution is 5.15. The monoisotopic (exact) mass is 261 g/mol. The van der Waals surface area contributed by atoms with E-state index in [0.29, 0.717) is 10.8 Å². The van der Waals surface area contributed by atoms with E-state index >= 15 is 0 Å². The summed E-state index contributed by atoms with van der Waals surface area (Å²) in [6, 6.07) is 0. The largest absolute Gasteiger partial charge is 0.329 e. The van der Waals surface area contributed by atoms with E-state index in [0.717, 1.165) is 5.82 Å². The fourth-order valence-corrected chi connectivity index (χ4v) is 4.33. The molecule has 106 valence electrons. The fraction of sp³-hybridized carbons (Fsp3) is 0.875. The molecule has 4 rings (SSSR count). The van der Waals surface area contributed by atoms with Crippen molar-refractivity contribution in [3.05, 3.63) is 11.6 Å². The molecule has 0 amide bonds. The molecule has 3 nitrogen and oxygen atoms in total. The minimum Gasteiger partial charge on any atom is -0.329 e. The van der Waals surface area contributed by atoms with Crippen LogP contribution in [0.15, 0.2) is 0 Å². The van der Waals surface area contributed by atoms with Gasteiger partial charge in [0.05, 0.1) is 0 Å². The Kier molecular flexibility index (Phi) is 3.40. The van der Waals surface area contributed by atoms with Crippen molar-refractivity contribution >= 4 is 0 Å². The second-order valence-corrected chi connectivity index (χ2v) is 7.00. The summed E-state index contributed by atoms with van der Waals surface area (Å²) in [5.41, 5.74) is 1.03. The number of aromatic amines is 1. The van der Waals surface area contributed by atoms with Crippen molar-refractivity contribution in [1.29, 1.82) is 0 Å². The summed E-state index contributed by atoms with van der Waals surface area (Å²) in [5.74, 6) is 2.14. The van der Waals surface area contributed by atoms with E-state index in [1.807, 2.05) is 6.92 Å². The Hall–Kier alpha value is -0.860. The zero-order valence-corrected chi connectivity index (χ0v) is 12.5. The van der Waals surface area contributed by atoms with Crippen molar-refractivity contribution < 1.29 is 0 Å². The number of hydrogen-bond acceptors (Lipinski definition) is 2. The molecule has 3 heteroatoms. The molecule has 0 saturated heterocycles. The lowest BCUT2D eigenvalue weighted by Crippen LogP contribution is -2.44. The second-order valence-electron chi connectivity index (χ2n) is 7.00. The van der Waals surface area contributed by atoms with Crippen molar-refractivity contribution in [3.63, 3.8) is 0 Å². The minimum atomic E-state index is 0.341. The molecule has 1 aromatic heterocycles. The first-order valence-electron chi connectivity index (χ1n) is 8.08. The van der Waals surface area contributed by atoms with E-state index in [9.17, 15) is 0 Å². The molecule has 19 heavy (non-hydrogen) atoms. The Morgan fingerprint density at radius 3 is 2.21 bits per heavy atom. The van der Waals surface area contributed by atoms with Crippen molar-refractivity contribution in [3.8, 4) is 0 Å². The number of nitrogens with zero attached hydrogens (tertiary/aromatic N) is 2. The smallest absolute Gasteiger partial charge is 0.136 e. The van der Waals surface area contributed by atoms with Crippen molar-refractivity contribution in [2.75, 3.05) is 0 Å². The maximum atomic E-state index is 4.40. The third-order valence-electron chi connectivity index (χ3n) is 5.81. The predicted octanol–water partition coefficient (Wildman–Crippen LogP) is 4.29. The molecule has 0 radical (unpaired) electrons. The van der Waals surface area contributed by atoms with Crippen molar-refractivity contribution in [2.24, 2.45) is 5.41 Å². The first-order chi connectivity index (χ1) is 9.18. The highest BCUT2D eigenvalue weighted by Crippen LogP contribution is 2.58. The molecule has 3 aliphatic rings. The Morgan fingerprint density at radius 1 is 1.00 bits per heavy atom. The van der Waals surface area contributed by atoms with Crippen LogP contribution >= 0.6 is 0 Å². The molecule has 0 aromatic carbocycles. The molecule has 0 atom stereocenters. The van der Waals surface area contributed by atoms with Gasteiger partial charge in [0.1, 0.15) is 11.6 Å². The first kappa shape index (κ1) is 13.1. The number of aryl methyl sites for hydroxylation is 1. The highest BCUT2D eigenvalue weighted by Gasteiger charge is 2.50. The SMILES string of the molecule is CCCCCC12CCC(c3nnc(C)[nH]3)(CC1)CC2. The van der Waals surface area contributed by atoms with Crippen LogP contribution in [-0.4, -0.2) is 15.2 Å². The lowest BCUT2D eigenvalue weighted by Gasteiger charge is -2.52. The third-order valence-corrected chi connectivity index (χ3v) is 5.81. The molecule has 1 aromatic rings. The van der Waals surface area contributed by atoms with Gasteiger partial charge in [-0.2, -0.15) is 0 Å². The van der Waals surface area contributed by atoms with Crippen LogP contribution in [-0.2, 0) is 5.41 Å². The number of hydrogen-bond donors (Lipinski definition) is 1. The van der Waals surface area contributed by atoms with E-state index in [4.69, 9.17) is 0 Å². The fourth-order valence-electron chi connectivity index (χ4n) is 4.33. The summed E-state index contributed by atoms with van der Waals surface area (Å²) in [5, 5.41) is 8.57. The second kappa shape index (κ2) is 4.92. The highest BCUT2D eigenvalue weighted by atomic mass is 15.2. The quantitative estimate of drug-likeness (QED) is 0.803. The summed E-state index contributed by atoms with van der Waals surface area (Å²) < 4.78 is 0. The molecular weight excluding hydrogens is 234 g/mol. The van der Waals surface area contributed by atoms with Crippen molar-refractivity contribution in [2.45, 2.75) is 83.5 Å². The predicted molar refractivity (Wildman–Crippen MR) is 77.1 cm³/mol. The molecule has 0 unspecified atom stereocenters. The van der Waals surface area contributed by atoms with Gasteiger partial charge in [-0.3, -0.25) is 0 Å². The van der Waals surface area contributed by atoms with E-state index in [2.05, 4.69) is 22.1 Å². The van der Waals surface area contributed by atoms with Crippen LogP contribution in [0.5, 0.6) is 0 Å². The number of fused-ring (bicyclic) bond motifs is 3. The lowest BCUT2D eigenvalue weighted by atomic mass is 9.52. The van der Waals surface area contributed by atoms with Crippen LogP contribution in [0.4, 0.5) is 0 Å². The van der Waals surface area contributed by atoms with Crippen LogP contribution in [0.25, 0.3) is 0 Å². The number of nitrogens with one attached hydrogen (secondary N) is 1. The molecule has 0 aliphatic heterocycles. The Labute approximate surface area is 116 Å². The van der Waals surface area contributed by atoms with Gasteiger partial charge < -0.3 is 4.98 Å². The Morgan fingerprint density at radius 2 is 1.68 bits per heavy atom. The standard InChI is InChI=1S/C16H27N3/c1-3-4-5-6-15-7-10-16(11-8-15,12-9-15)14-17-13(2)18-19-14/h3-12H2,1-2H3,(H,17,18,19). The Balaban J connectivity index is 1.67. The normalized spacial score (nSPS) is 33.8. The molecule has 2 bridgehead atoms. The molecule has 3 fully saturated rings. The molecule has 1 heterocycles. The molecule has 0 spiro atoms. The third kappa shape index (κ3) is 2.32. The van der Waals surface area contributed by atoms with Gasteiger partial charge in [0, 0.05) is 5.41 Å². The van der Waals surface area contributed by atoms with Gasteiger partial charge in [0.15, 0.2) is 0 Å². The van der Waals surface area contributed by atoms with Gasteiger partial charge in [-0.25, -0.2) is 0 Å². The van der Waals surface area contributed by atoms with E-state index in [1.165, 1.54) is 70.0 Å².